The van der Waals surface area contributed by atoms with Gasteiger partial charge in [0.1, 0.15) is 5.75 Å². The fourth-order valence-electron chi connectivity index (χ4n) is 2.10. The first kappa shape index (κ1) is 16.0. The summed E-state index contributed by atoms with van der Waals surface area (Å²) in [6, 6.07) is 8.60. The molecule has 1 rings (SSSR count). The third-order valence-corrected chi connectivity index (χ3v) is 3.43. The molecule has 0 aromatic heterocycles. The Bertz CT molecular complexity index is 375. The minimum Gasteiger partial charge on any atom is -0.497 e. The predicted molar refractivity (Wildman–Crippen MR) is 81.8 cm³/mol. The van der Waals surface area contributed by atoms with E-state index in [0.29, 0.717) is 6.04 Å². The summed E-state index contributed by atoms with van der Waals surface area (Å²) in [7, 11) is 1.71. The van der Waals surface area contributed by atoms with Crippen LogP contribution in [-0.4, -0.2) is 26.2 Å². The molecule has 1 aromatic rings. The molecule has 0 aliphatic carbocycles. The highest BCUT2D eigenvalue weighted by molar-refractivity contribution is 5.33. The molecule has 0 aliphatic rings. The predicted octanol–water partition coefficient (Wildman–Crippen LogP) is 2.69. The van der Waals surface area contributed by atoms with Gasteiger partial charge in [-0.1, -0.05) is 26.0 Å². The molecule has 19 heavy (non-hydrogen) atoms. The van der Waals surface area contributed by atoms with Crippen LogP contribution < -0.4 is 15.8 Å². The van der Waals surface area contributed by atoms with Crippen LogP contribution in [0.5, 0.6) is 5.75 Å². The van der Waals surface area contributed by atoms with Crippen LogP contribution in [0.2, 0.25) is 0 Å². The van der Waals surface area contributed by atoms with Crippen molar-refractivity contribution in [1.82, 2.24) is 5.32 Å². The maximum absolute atomic E-state index is 5.74. The summed E-state index contributed by atoms with van der Waals surface area (Å²) in [5.74, 6) is 0.919. The molecule has 0 amide bonds. The van der Waals surface area contributed by atoms with Crippen LogP contribution in [0.1, 0.15) is 39.2 Å². The van der Waals surface area contributed by atoms with E-state index in [1.54, 1.807) is 7.11 Å². The van der Waals surface area contributed by atoms with E-state index in [-0.39, 0.29) is 5.41 Å². The topological polar surface area (TPSA) is 47.3 Å². The van der Waals surface area contributed by atoms with Gasteiger partial charge in [-0.15, -0.1) is 0 Å². The summed E-state index contributed by atoms with van der Waals surface area (Å²) in [5.41, 5.74) is 7.14. The standard InChI is InChI=1S/C16H28N2O/c1-13(17)7-6-10-18-12-16(2,3)14-8-5-9-15(11-14)19-4/h5,8-9,11,13,18H,6-7,10,12,17H2,1-4H3. The normalized spacial score (nSPS) is 13.3. The van der Waals surface area contributed by atoms with Crippen molar-refractivity contribution in [2.45, 2.75) is 45.1 Å². The molecule has 1 unspecified atom stereocenters. The zero-order chi connectivity index (χ0) is 14.3. The summed E-state index contributed by atoms with van der Waals surface area (Å²) in [4.78, 5) is 0. The highest BCUT2D eigenvalue weighted by atomic mass is 16.5. The average Bonchev–Trinajstić information content (AvgIpc) is 2.38. The number of benzene rings is 1. The Morgan fingerprint density at radius 1 is 1.37 bits per heavy atom. The van der Waals surface area contributed by atoms with Gasteiger partial charge in [-0.25, -0.2) is 0 Å². The van der Waals surface area contributed by atoms with Crippen LogP contribution in [-0.2, 0) is 5.41 Å². The van der Waals surface area contributed by atoms with Crippen molar-refractivity contribution in [3.63, 3.8) is 0 Å². The van der Waals surface area contributed by atoms with Crippen molar-refractivity contribution in [2.75, 3.05) is 20.2 Å². The van der Waals surface area contributed by atoms with Gasteiger partial charge in [-0.05, 0) is 44.0 Å². The van der Waals surface area contributed by atoms with Crippen molar-refractivity contribution in [2.24, 2.45) is 5.73 Å². The fourth-order valence-corrected chi connectivity index (χ4v) is 2.10. The number of methoxy groups -OCH3 is 1. The first-order valence-corrected chi connectivity index (χ1v) is 7.06. The van der Waals surface area contributed by atoms with Crippen molar-refractivity contribution < 1.29 is 4.74 Å². The van der Waals surface area contributed by atoms with E-state index < -0.39 is 0 Å². The molecule has 0 heterocycles. The first-order chi connectivity index (χ1) is 8.95. The lowest BCUT2D eigenvalue weighted by Gasteiger charge is -2.26. The van der Waals surface area contributed by atoms with E-state index in [4.69, 9.17) is 10.5 Å². The molecule has 0 aliphatic heterocycles. The van der Waals surface area contributed by atoms with Crippen LogP contribution >= 0.6 is 0 Å². The molecule has 1 atom stereocenters. The molecule has 3 N–H and O–H groups in total. The molecule has 0 bridgehead atoms. The number of ether oxygens (including phenoxy) is 1. The number of rotatable bonds is 8. The maximum Gasteiger partial charge on any atom is 0.119 e. The van der Waals surface area contributed by atoms with Gasteiger partial charge in [-0.3, -0.25) is 0 Å². The molecule has 108 valence electrons. The zero-order valence-electron chi connectivity index (χ0n) is 12.7. The van der Waals surface area contributed by atoms with Crippen molar-refractivity contribution >= 4 is 0 Å². The molecule has 0 spiro atoms. The van der Waals surface area contributed by atoms with Gasteiger partial charge in [0, 0.05) is 18.0 Å². The van der Waals surface area contributed by atoms with E-state index in [1.165, 1.54) is 5.56 Å². The minimum absolute atomic E-state index is 0.100. The first-order valence-electron chi connectivity index (χ1n) is 7.06. The lowest BCUT2D eigenvalue weighted by molar-refractivity contribution is 0.409. The van der Waals surface area contributed by atoms with Gasteiger partial charge in [0.05, 0.1) is 7.11 Å². The molecule has 0 fully saturated rings. The van der Waals surface area contributed by atoms with E-state index >= 15 is 0 Å². The summed E-state index contributed by atoms with van der Waals surface area (Å²) >= 11 is 0. The maximum atomic E-state index is 5.74. The lowest BCUT2D eigenvalue weighted by Crippen LogP contribution is -2.33. The smallest absolute Gasteiger partial charge is 0.119 e. The Labute approximate surface area is 117 Å². The van der Waals surface area contributed by atoms with Gasteiger partial charge in [0.25, 0.3) is 0 Å². The Hall–Kier alpha value is -1.06. The monoisotopic (exact) mass is 264 g/mol. The van der Waals surface area contributed by atoms with Crippen LogP contribution in [0, 0.1) is 0 Å². The molecule has 0 saturated heterocycles. The van der Waals surface area contributed by atoms with Crippen LogP contribution in [0.25, 0.3) is 0 Å². The summed E-state index contributed by atoms with van der Waals surface area (Å²) in [5, 5.41) is 3.52. The summed E-state index contributed by atoms with van der Waals surface area (Å²) in [6.07, 6.45) is 2.21. The van der Waals surface area contributed by atoms with Gasteiger partial charge in [0.15, 0.2) is 0 Å². The van der Waals surface area contributed by atoms with Crippen LogP contribution in [0.3, 0.4) is 0 Å². The highest BCUT2D eigenvalue weighted by Crippen LogP contribution is 2.25. The molecule has 1 aromatic carbocycles. The van der Waals surface area contributed by atoms with E-state index in [2.05, 4.69) is 38.2 Å². The number of hydrogen-bond acceptors (Lipinski definition) is 3. The molecular formula is C16H28N2O. The van der Waals surface area contributed by atoms with E-state index in [0.717, 1.165) is 31.7 Å². The quantitative estimate of drug-likeness (QED) is 0.710. The molecule has 3 nitrogen and oxygen atoms in total. The second-order valence-electron chi connectivity index (χ2n) is 5.91. The third-order valence-electron chi connectivity index (χ3n) is 3.43. The molecule has 0 radical (unpaired) electrons. The van der Waals surface area contributed by atoms with Gasteiger partial charge >= 0.3 is 0 Å². The summed E-state index contributed by atoms with van der Waals surface area (Å²) < 4.78 is 5.29. The number of hydrogen-bond donors (Lipinski definition) is 2. The van der Waals surface area contributed by atoms with Gasteiger partial charge in [-0.2, -0.15) is 0 Å². The Morgan fingerprint density at radius 3 is 2.74 bits per heavy atom. The van der Waals surface area contributed by atoms with E-state index in [1.807, 2.05) is 12.1 Å². The second-order valence-corrected chi connectivity index (χ2v) is 5.91. The molecule has 0 saturated carbocycles. The minimum atomic E-state index is 0.100. The summed E-state index contributed by atoms with van der Waals surface area (Å²) in [6.45, 7) is 8.54. The lowest BCUT2D eigenvalue weighted by atomic mass is 9.84. The Balaban J connectivity index is 2.46. The Morgan fingerprint density at radius 2 is 2.11 bits per heavy atom. The van der Waals surface area contributed by atoms with Crippen molar-refractivity contribution in [3.05, 3.63) is 29.8 Å². The SMILES string of the molecule is COc1cccc(C(C)(C)CNCCCC(C)N)c1. The number of nitrogens with two attached hydrogens (primary N) is 1. The van der Waals surface area contributed by atoms with Crippen molar-refractivity contribution in [1.29, 1.82) is 0 Å². The van der Waals surface area contributed by atoms with Crippen LogP contribution in [0.15, 0.2) is 24.3 Å². The van der Waals surface area contributed by atoms with Gasteiger partial charge < -0.3 is 15.8 Å². The molecule has 3 heteroatoms. The molecular weight excluding hydrogens is 236 g/mol. The van der Waals surface area contributed by atoms with Gasteiger partial charge in [0.2, 0.25) is 0 Å². The Kier molecular flexibility index (Phi) is 6.32. The average molecular weight is 264 g/mol. The van der Waals surface area contributed by atoms with E-state index in [9.17, 15) is 0 Å². The zero-order valence-corrected chi connectivity index (χ0v) is 12.7. The van der Waals surface area contributed by atoms with Crippen LogP contribution in [0.4, 0.5) is 0 Å². The largest absolute Gasteiger partial charge is 0.497 e. The second kappa shape index (κ2) is 7.51. The van der Waals surface area contributed by atoms with Crippen molar-refractivity contribution in [3.8, 4) is 5.75 Å². The fraction of sp³-hybridized carbons (Fsp3) is 0.625. The highest BCUT2D eigenvalue weighted by Gasteiger charge is 2.20. The third kappa shape index (κ3) is 5.62. The number of nitrogens with one attached hydrogen (secondary N) is 1.